The SMILES string of the molecule is CCNc1cncc(NCCC(=O)NCCOC)c1. The van der Waals surface area contributed by atoms with E-state index in [-0.39, 0.29) is 5.91 Å². The van der Waals surface area contributed by atoms with E-state index in [0.717, 1.165) is 17.9 Å². The molecule has 1 aromatic heterocycles. The Morgan fingerprint density at radius 3 is 2.68 bits per heavy atom. The van der Waals surface area contributed by atoms with Gasteiger partial charge in [0, 0.05) is 33.2 Å². The van der Waals surface area contributed by atoms with Crippen molar-refractivity contribution in [3.05, 3.63) is 18.5 Å². The van der Waals surface area contributed by atoms with Crippen molar-refractivity contribution in [3.8, 4) is 0 Å². The fourth-order valence-corrected chi connectivity index (χ4v) is 1.54. The molecule has 0 saturated heterocycles. The summed E-state index contributed by atoms with van der Waals surface area (Å²) in [4.78, 5) is 15.6. The van der Waals surface area contributed by atoms with Crippen LogP contribution in [0.25, 0.3) is 0 Å². The summed E-state index contributed by atoms with van der Waals surface area (Å²) in [7, 11) is 1.61. The number of nitrogens with zero attached hydrogens (tertiary/aromatic N) is 1. The Labute approximate surface area is 113 Å². The topological polar surface area (TPSA) is 75.3 Å². The van der Waals surface area contributed by atoms with Crippen LogP contribution in [0.2, 0.25) is 0 Å². The van der Waals surface area contributed by atoms with Crippen LogP contribution in [0.1, 0.15) is 13.3 Å². The number of ether oxygens (including phenoxy) is 1. The van der Waals surface area contributed by atoms with Gasteiger partial charge in [-0.05, 0) is 13.0 Å². The lowest BCUT2D eigenvalue weighted by Gasteiger charge is -2.09. The van der Waals surface area contributed by atoms with Crippen molar-refractivity contribution in [3.63, 3.8) is 0 Å². The number of pyridine rings is 1. The summed E-state index contributed by atoms with van der Waals surface area (Å²) in [6.45, 7) is 4.55. The first-order chi connectivity index (χ1) is 9.26. The minimum Gasteiger partial charge on any atom is -0.384 e. The van der Waals surface area contributed by atoms with Crippen LogP contribution < -0.4 is 16.0 Å². The van der Waals surface area contributed by atoms with E-state index in [1.807, 2.05) is 13.0 Å². The van der Waals surface area contributed by atoms with Gasteiger partial charge in [0.25, 0.3) is 0 Å². The lowest BCUT2D eigenvalue weighted by molar-refractivity contribution is -0.121. The molecular weight excluding hydrogens is 244 g/mol. The quantitative estimate of drug-likeness (QED) is 0.583. The summed E-state index contributed by atoms with van der Waals surface area (Å²) < 4.78 is 4.86. The first kappa shape index (κ1) is 15.2. The molecule has 1 rings (SSSR count). The van der Waals surface area contributed by atoms with Gasteiger partial charge in [-0.15, -0.1) is 0 Å². The Morgan fingerprint density at radius 2 is 2.00 bits per heavy atom. The van der Waals surface area contributed by atoms with Crippen molar-refractivity contribution in [2.24, 2.45) is 0 Å². The Balaban J connectivity index is 2.24. The first-order valence-corrected chi connectivity index (χ1v) is 6.44. The Kier molecular flexibility index (Phi) is 7.34. The molecule has 0 spiro atoms. The normalized spacial score (nSPS) is 10.0. The van der Waals surface area contributed by atoms with Crippen molar-refractivity contribution < 1.29 is 9.53 Å². The van der Waals surface area contributed by atoms with Crippen molar-refractivity contribution in [2.45, 2.75) is 13.3 Å². The van der Waals surface area contributed by atoms with Gasteiger partial charge in [0.2, 0.25) is 5.91 Å². The Bertz CT molecular complexity index is 385. The molecule has 19 heavy (non-hydrogen) atoms. The van der Waals surface area contributed by atoms with Crippen LogP contribution in [0.5, 0.6) is 0 Å². The third-order valence-electron chi connectivity index (χ3n) is 2.43. The van der Waals surface area contributed by atoms with Gasteiger partial charge in [-0.3, -0.25) is 9.78 Å². The highest BCUT2D eigenvalue weighted by molar-refractivity contribution is 5.76. The van der Waals surface area contributed by atoms with Crippen LogP contribution in [0, 0.1) is 0 Å². The average Bonchev–Trinajstić information content (AvgIpc) is 2.40. The van der Waals surface area contributed by atoms with Crippen LogP contribution >= 0.6 is 0 Å². The van der Waals surface area contributed by atoms with Crippen LogP contribution in [0.3, 0.4) is 0 Å². The standard InChI is InChI=1S/C13H22N4O2/c1-3-15-11-8-12(10-14-9-11)16-5-4-13(18)17-6-7-19-2/h8-10,15-16H,3-7H2,1-2H3,(H,17,18). The van der Waals surface area contributed by atoms with Gasteiger partial charge in [0.05, 0.1) is 30.4 Å². The summed E-state index contributed by atoms with van der Waals surface area (Å²) in [5.74, 6) is 0.0142. The fraction of sp³-hybridized carbons (Fsp3) is 0.538. The predicted molar refractivity (Wildman–Crippen MR) is 76.4 cm³/mol. The number of carbonyl (C=O) groups excluding carboxylic acids is 1. The number of hydrogen-bond donors (Lipinski definition) is 3. The maximum absolute atomic E-state index is 11.4. The van der Waals surface area contributed by atoms with E-state index in [4.69, 9.17) is 4.74 Å². The molecule has 0 fully saturated rings. The molecule has 106 valence electrons. The van der Waals surface area contributed by atoms with E-state index in [1.165, 1.54) is 0 Å². The smallest absolute Gasteiger partial charge is 0.221 e. The molecule has 0 bridgehead atoms. The zero-order valence-corrected chi connectivity index (χ0v) is 11.5. The highest BCUT2D eigenvalue weighted by Gasteiger charge is 2.00. The van der Waals surface area contributed by atoms with Gasteiger partial charge >= 0.3 is 0 Å². The summed E-state index contributed by atoms with van der Waals surface area (Å²) in [6.07, 6.45) is 3.94. The Hall–Kier alpha value is -1.82. The lowest BCUT2D eigenvalue weighted by Crippen LogP contribution is -2.28. The highest BCUT2D eigenvalue weighted by atomic mass is 16.5. The molecule has 0 aliphatic heterocycles. The number of anilines is 2. The summed E-state index contributed by atoms with van der Waals surface area (Å²) in [5, 5.41) is 9.13. The Morgan fingerprint density at radius 1 is 1.26 bits per heavy atom. The number of methoxy groups -OCH3 is 1. The maximum atomic E-state index is 11.4. The molecule has 0 aliphatic carbocycles. The fourth-order valence-electron chi connectivity index (χ4n) is 1.54. The molecule has 1 amide bonds. The van der Waals surface area contributed by atoms with Crippen LogP contribution in [-0.4, -0.2) is 44.2 Å². The zero-order chi connectivity index (χ0) is 13.9. The largest absolute Gasteiger partial charge is 0.384 e. The molecule has 0 radical (unpaired) electrons. The third kappa shape index (κ3) is 6.61. The molecular formula is C13H22N4O2. The zero-order valence-electron chi connectivity index (χ0n) is 11.5. The van der Waals surface area contributed by atoms with E-state index in [1.54, 1.807) is 19.5 Å². The third-order valence-corrected chi connectivity index (χ3v) is 2.43. The van der Waals surface area contributed by atoms with E-state index >= 15 is 0 Å². The molecule has 0 atom stereocenters. The van der Waals surface area contributed by atoms with E-state index < -0.39 is 0 Å². The van der Waals surface area contributed by atoms with Crippen LogP contribution in [-0.2, 0) is 9.53 Å². The van der Waals surface area contributed by atoms with Gasteiger partial charge < -0.3 is 20.7 Å². The van der Waals surface area contributed by atoms with Gasteiger partial charge in [-0.1, -0.05) is 0 Å². The van der Waals surface area contributed by atoms with Gasteiger partial charge in [0.15, 0.2) is 0 Å². The second kappa shape index (κ2) is 9.16. The van der Waals surface area contributed by atoms with E-state index in [9.17, 15) is 4.79 Å². The second-order valence-corrected chi connectivity index (χ2v) is 4.01. The molecule has 1 aromatic rings. The highest BCUT2D eigenvalue weighted by Crippen LogP contribution is 2.12. The number of rotatable bonds is 9. The number of aromatic nitrogens is 1. The monoisotopic (exact) mass is 266 g/mol. The summed E-state index contributed by atoms with van der Waals surface area (Å²) in [5.41, 5.74) is 1.88. The van der Waals surface area contributed by atoms with Crippen LogP contribution in [0.15, 0.2) is 18.5 Å². The summed E-state index contributed by atoms with van der Waals surface area (Å²) in [6, 6.07) is 1.97. The molecule has 0 aliphatic rings. The molecule has 1 heterocycles. The van der Waals surface area contributed by atoms with Gasteiger partial charge in [0.1, 0.15) is 0 Å². The number of amides is 1. The van der Waals surface area contributed by atoms with Crippen molar-refractivity contribution in [1.29, 1.82) is 0 Å². The van der Waals surface area contributed by atoms with E-state index in [0.29, 0.717) is 26.1 Å². The number of hydrogen-bond acceptors (Lipinski definition) is 5. The van der Waals surface area contributed by atoms with Gasteiger partial charge in [-0.25, -0.2) is 0 Å². The minimum absolute atomic E-state index is 0.0142. The van der Waals surface area contributed by atoms with Crippen molar-refractivity contribution >= 4 is 17.3 Å². The number of carbonyl (C=O) groups is 1. The van der Waals surface area contributed by atoms with Crippen LogP contribution in [0.4, 0.5) is 11.4 Å². The molecule has 3 N–H and O–H groups in total. The first-order valence-electron chi connectivity index (χ1n) is 6.44. The maximum Gasteiger partial charge on any atom is 0.221 e. The number of nitrogens with one attached hydrogen (secondary N) is 3. The van der Waals surface area contributed by atoms with Crippen molar-refractivity contribution in [1.82, 2.24) is 10.3 Å². The predicted octanol–water partition coefficient (Wildman–Crippen LogP) is 1.08. The van der Waals surface area contributed by atoms with Gasteiger partial charge in [-0.2, -0.15) is 0 Å². The molecule has 0 unspecified atom stereocenters. The van der Waals surface area contributed by atoms with E-state index in [2.05, 4.69) is 20.9 Å². The lowest BCUT2D eigenvalue weighted by atomic mass is 10.3. The average molecular weight is 266 g/mol. The second-order valence-electron chi connectivity index (χ2n) is 4.01. The minimum atomic E-state index is 0.0142. The molecule has 6 nitrogen and oxygen atoms in total. The molecule has 0 saturated carbocycles. The molecule has 6 heteroatoms. The molecule has 0 aromatic carbocycles. The summed E-state index contributed by atoms with van der Waals surface area (Å²) >= 11 is 0. The van der Waals surface area contributed by atoms with Crippen molar-refractivity contribution in [2.75, 3.05) is 44.0 Å².